The number of alkyl halides is 6. The number of hydrogen-bond acceptors (Lipinski definition) is 8. The molecule has 12 nitrogen and oxygen atoms in total. The van der Waals surface area contributed by atoms with Crippen molar-refractivity contribution in [2.24, 2.45) is 0 Å². The number of methoxy groups -OCH3 is 2. The number of anilines is 2. The number of carbonyl (C=O) groups excluding carboxylic acids is 4. The summed E-state index contributed by atoms with van der Waals surface area (Å²) in [5, 5.41) is 4.56. The predicted molar refractivity (Wildman–Crippen MR) is 217 cm³/mol. The highest BCUT2D eigenvalue weighted by atomic mass is 19.4. The van der Waals surface area contributed by atoms with Gasteiger partial charge < -0.3 is 39.4 Å². The Balaban J connectivity index is 0.000000648. The van der Waals surface area contributed by atoms with Crippen LogP contribution in [0.25, 0.3) is 11.1 Å². The van der Waals surface area contributed by atoms with Crippen molar-refractivity contribution in [2.45, 2.75) is 47.0 Å². The molecule has 0 saturated carbocycles. The quantitative estimate of drug-likeness (QED) is 0.0794. The van der Waals surface area contributed by atoms with Crippen LogP contribution in [0.4, 0.5) is 37.7 Å². The smallest absolute Gasteiger partial charge is 0.416 e. The molecule has 2 N–H and O–H groups in total. The topological polar surface area (TPSA) is 136 Å². The van der Waals surface area contributed by atoms with E-state index in [0.29, 0.717) is 32.6 Å². The SMILES string of the molecule is CCOc1c(OC)ccc(C(=O)N(CC)CC)c1-c1c(C(=O)N(CC)CC)ccc(OC)c1OCC(=O)Nc1cccc(C(F)(F)F)c1.O=CNc1cccc(C(F)(F)F)c1. The van der Waals surface area contributed by atoms with E-state index in [0.717, 1.165) is 24.3 Å². The number of ether oxygens (including phenoxy) is 4. The molecule has 0 radical (unpaired) electrons. The van der Waals surface area contributed by atoms with E-state index < -0.39 is 36.0 Å². The zero-order valence-corrected chi connectivity index (χ0v) is 34.7. The van der Waals surface area contributed by atoms with Crippen molar-refractivity contribution in [3.8, 4) is 34.1 Å². The molecule has 0 aliphatic rings. The first-order valence-electron chi connectivity index (χ1n) is 19.0. The first kappa shape index (κ1) is 48.9. The van der Waals surface area contributed by atoms with Gasteiger partial charge in [0.1, 0.15) is 0 Å². The van der Waals surface area contributed by atoms with Gasteiger partial charge in [-0.25, -0.2) is 0 Å². The molecule has 0 aliphatic heterocycles. The van der Waals surface area contributed by atoms with E-state index in [-0.39, 0.29) is 75.0 Å². The molecule has 0 aliphatic carbocycles. The fourth-order valence-electron chi connectivity index (χ4n) is 6.06. The van der Waals surface area contributed by atoms with E-state index >= 15 is 0 Å². The maximum absolute atomic E-state index is 14.1. The van der Waals surface area contributed by atoms with Crippen molar-refractivity contribution in [1.29, 1.82) is 0 Å². The Kier molecular flexibility index (Phi) is 17.8. The number of nitrogens with one attached hydrogen (secondary N) is 2. The van der Waals surface area contributed by atoms with Crippen molar-refractivity contribution in [3.05, 3.63) is 95.1 Å². The zero-order valence-electron chi connectivity index (χ0n) is 34.7. The van der Waals surface area contributed by atoms with E-state index in [1.165, 1.54) is 44.6 Å². The van der Waals surface area contributed by atoms with Crippen LogP contribution in [0, 0.1) is 0 Å². The molecule has 0 unspecified atom stereocenters. The van der Waals surface area contributed by atoms with Gasteiger partial charge in [0, 0.05) is 48.7 Å². The van der Waals surface area contributed by atoms with Crippen LogP contribution < -0.4 is 29.6 Å². The molecule has 0 bridgehead atoms. The summed E-state index contributed by atoms with van der Waals surface area (Å²) in [6, 6.07) is 14.8. The van der Waals surface area contributed by atoms with Crippen LogP contribution in [0.1, 0.15) is 66.5 Å². The molecular formula is C43H48F6N4O8. The molecule has 0 aromatic heterocycles. The lowest BCUT2D eigenvalue weighted by Gasteiger charge is -2.27. The molecule has 0 saturated heterocycles. The van der Waals surface area contributed by atoms with Gasteiger partial charge in [0.2, 0.25) is 6.41 Å². The lowest BCUT2D eigenvalue weighted by atomic mass is 9.91. The summed E-state index contributed by atoms with van der Waals surface area (Å²) < 4.78 is 99.5. The van der Waals surface area contributed by atoms with Crippen LogP contribution in [-0.4, -0.2) is 87.5 Å². The summed E-state index contributed by atoms with van der Waals surface area (Å²) in [5.74, 6) is -1.01. The molecule has 4 aromatic carbocycles. The fourth-order valence-corrected chi connectivity index (χ4v) is 6.06. The molecule has 4 amide bonds. The van der Waals surface area contributed by atoms with Crippen molar-refractivity contribution in [2.75, 3.05) is 64.2 Å². The van der Waals surface area contributed by atoms with E-state index in [9.17, 15) is 45.5 Å². The minimum absolute atomic E-state index is 0.0579. The highest BCUT2D eigenvalue weighted by molar-refractivity contribution is 6.10. The molecule has 4 aromatic rings. The minimum Gasteiger partial charge on any atom is -0.493 e. The van der Waals surface area contributed by atoms with Gasteiger partial charge in [-0.1, -0.05) is 12.1 Å². The van der Waals surface area contributed by atoms with E-state index in [4.69, 9.17) is 18.9 Å². The summed E-state index contributed by atoms with van der Waals surface area (Å²) >= 11 is 0. The molecule has 4 rings (SSSR count). The summed E-state index contributed by atoms with van der Waals surface area (Å²) in [6.45, 7) is 10.1. The third-order valence-corrected chi connectivity index (χ3v) is 9.02. The highest BCUT2D eigenvalue weighted by Crippen LogP contribution is 2.49. The van der Waals surface area contributed by atoms with Crippen LogP contribution in [0.3, 0.4) is 0 Å². The monoisotopic (exact) mass is 862 g/mol. The van der Waals surface area contributed by atoms with Gasteiger partial charge in [0.05, 0.1) is 43.1 Å². The summed E-state index contributed by atoms with van der Waals surface area (Å²) in [6.07, 6.45) is -8.65. The van der Waals surface area contributed by atoms with Crippen molar-refractivity contribution in [1.82, 2.24) is 9.80 Å². The van der Waals surface area contributed by atoms with Crippen LogP contribution in [0.15, 0.2) is 72.8 Å². The van der Waals surface area contributed by atoms with E-state index in [1.54, 1.807) is 34.9 Å². The minimum atomic E-state index is -4.60. The van der Waals surface area contributed by atoms with Gasteiger partial charge in [0.15, 0.2) is 29.6 Å². The number of carbonyl (C=O) groups is 4. The second kappa shape index (κ2) is 22.2. The lowest BCUT2D eigenvalue weighted by Crippen LogP contribution is -2.32. The van der Waals surface area contributed by atoms with Crippen molar-refractivity contribution in [3.63, 3.8) is 0 Å². The maximum Gasteiger partial charge on any atom is 0.416 e. The second-order valence-electron chi connectivity index (χ2n) is 12.7. The molecule has 0 heterocycles. The fraction of sp³-hybridized carbons (Fsp3) is 0.349. The van der Waals surface area contributed by atoms with Gasteiger partial charge >= 0.3 is 12.4 Å². The Morgan fingerprint density at radius 3 is 1.44 bits per heavy atom. The van der Waals surface area contributed by atoms with Gasteiger partial charge in [-0.05, 0) is 95.3 Å². The third kappa shape index (κ3) is 12.5. The van der Waals surface area contributed by atoms with Gasteiger partial charge in [0.25, 0.3) is 17.7 Å². The van der Waals surface area contributed by atoms with Crippen LogP contribution in [0.5, 0.6) is 23.0 Å². The first-order valence-corrected chi connectivity index (χ1v) is 19.0. The summed E-state index contributed by atoms with van der Waals surface area (Å²) in [4.78, 5) is 54.3. The average Bonchev–Trinajstić information content (AvgIpc) is 3.23. The number of hydrogen-bond donors (Lipinski definition) is 2. The number of amides is 4. The predicted octanol–water partition coefficient (Wildman–Crippen LogP) is 9.04. The number of halogens is 6. The van der Waals surface area contributed by atoms with Gasteiger partial charge in [-0.3, -0.25) is 19.2 Å². The Morgan fingerprint density at radius 1 is 0.623 bits per heavy atom. The summed E-state index contributed by atoms with van der Waals surface area (Å²) in [5.41, 5.74) is -1.04. The molecule has 0 atom stereocenters. The molecule has 18 heteroatoms. The Labute approximate surface area is 349 Å². The lowest BCUT2D eigenvalue weighted by molar-refractivity contribution is -0.138. The number of rotatable bonds is 17. The maximum atomic E-state index is 14.1. The highest BCUT2D eigenvalue weighted by Gasteiger charge is 2.34. The summed E-state index contributed by atoms with van der Waals surface area (Å²) in [7, 11) is 2.81. The largest absolute Gasteiger partial charge is 0.493 e. The normalized spacial score (nSPS) is 11.0. The number of benzene rings is 4. The van der Waals surface area contributed by atoms with E-state index in [1.807, 2.05) is 27.7 Å². The third-order valence-electron chi connectivity index (χ3n) is 9.02. The van der Waals surface area contributed by atoms with Crippen molar-refractivity contribution < 1.29 is 64.5 Å². The first-order chi connectivity index (χ1) is 28.9. The molecule has 0 spiro atoms. The van der Waals surface area contributed by atoms with E-state index in [2.05, 4.69) is 10.6 Å². The molecule has 330 valence electrons. The Morgan fingerprint density at radius 2 is 1.05 bits per heavy atom. The Hall–Kier alpha value is -6.46. The zero-order chi connectivity index (χ0) is 45.5. The van der Waals surface area contributed by atoms with Crippen LogP contribution >= 0.6 is 0 Å². The second-order valence-corrected chi connectivity index (χ2v) is 12.7. The Bertz CT molecular complexity index is 2140. The van der Waals surface area contributed by atoms with Crippen LogP contribution in [0.2, 0.25) is 0 Å². The van der Waals surface area contributed by atoms with Crippen molar-refractivity contribution >= 4 is 35.5 Å². The molecule has 0 fully saturated rings. The van der Waals surface area contributed by atoms with Crippen LogP contribution in [-0.2, 0) is 21.9 Å². The van der Waals surface area contributed by atoms with Gasteiger partial charge in [-0.15, -0.1) is 0 Å². The van der Waals surface area contributed by atoms with Gasteiger partial charge in [-0.2, -0.15) is 26.3 Å². The standard InChI is InChI=1S/C35H42F3N3O7.C8H6F3NO/c1-8-40(9-2)33(43)24-16-18-26(45-6)31(47-12-5)29(24)30-25(34(44)41(10-3)11-4)17-19-27(46-7)32(30)48-21-28(42)39-23-15-13-14-22(20-23)35(36,37)38;9-8(10,11)6-2-1-3-7(4-6)12-5-13/h13-20H,8-12,21H2,1-7H3,(H,39,42);1-5H,(H,12,13). The molecular weight excluding hydrogens is 814 g/mol. The molecule has 61 heavy (non-hydrogen) atoms. The number of nitrogens with zero attached hydrogens (tertiary/aromatic N) is 2. The average molecular weight is 863 g/mol.